The zero-order valence-electron chi connectivity index (χ0n) is 14.6. The van der Waals surface area contributed by atoms with Gasteiger partial charge in [0.15, 0.2) is 18.1 Å². The van der Waals surface area contributed by atoms with E-state index < -0.39 is 31.0 Å². The lowest BCUT2D eigenvalue weighted by Crippen LogP contribution is -2.22. The van der Waals surface area contributed by atoms with Gasteiger partial charge in [-0.3, -0.25) is 9.59 Å². The summed E-state index contributed by atoms with van der Waals surface area (Å²) in [6.45, 7) is -1.90. The van der Waals surface area contributed by atoms with E-state index in [-0.39, 0.29) is 34.2 Å². The lowest BCUT2D eigenvalue weighted by molar-refractivity contribution is -0.119. The summed E-state index contributed by atoms with van der Waals surface area (Å²) >= 11 is 1.09. The van der Waals surface area contributed by atoms with Crippen molar-refractivity contribution in [3.63, 3.8) is 0 Å². The molecule has 2 aromatic rings. The summed E-state index contributed by atoms with van der Waals surface area (Å²) in [5.74, 6) is -2.56. The van der Waals surface area contributed by atoms with Gasteiger partial charge in [-0.05, 0) is 36.6 Å². The molecule has 0 saturated carbocycles. The van der Waals surface area contributed by atoms with Crippen LogP contribution < -0.4 is 20.5 Å². The Hall–Kier alpha value is -3.21. The number of nitrogens with two attached hydrogens (primary N) is 1. The van der Waals surface area contributed by atoms with E-state index in [0.29, 0.717) is 0 Å². The van der Waals surface area contributed by atoms with E-state index >= 15 is 0 Å². The van der Waals surface area contributed by atoms with Crippen LogP contribution in [0.5, 0.6) is 11.5 Å². The third-order valence-electron chi connectivity index (χ3n) is 3.21. The van der Waals surface area contributed by atoms with E-state index in [4.69, 9.17) is 15.2 Å². The average Bonchev–Trinajstić information content (AvgIpc) is 3.09. The predicted molar refractivity (Wildman–Crippen MR) is 96.0 cm³/mol. The molecule has 150 valence electrons. The van der Waals surface area contributed by atoms with Gasteiger partial charge in [-0.25, -0.2) is 4.79 Å². The van der Waals surface area contributed by atoms with Crippen LogP contribution in [0.1, 0.15) is 27.6 Å². The third kappa shape index (κ3) is 5.64. The first kappa shape index (κ1) is 21.1. The Morgan fingerprint density at radius 1 is 1.21 bits per heavy atom. The van der Waals surface area contributed by atoms with Crippen molar-refractivity contribution in [3.8, 4) is 11.5 Å². The molecule has 0 atom stereocenters. The fourth-order valence-corrected chi connectivity index (χ4v) is 2.88. The van der Waals surface area contributed by atoms with Crippen LogP contribution in [-0.2, 0) is 9.53 Å². The Kier molecular flexibility index (Phi) is 7.27. The minimum Gasteiger partial charge on any atom is -0.490 e. The summed E-state index contributed by atoms with van der Waals surface area (Å²) in [5.41, 5.74) is 5.29. The monoisotopic (exact) mass is 414 g/mol. The second-order valence-electron chi connectivity index (χ2n) is 5.12. The summed E-state index contributed by atoms with van der Waals surface area (Å²) in [6.07, 6.45) is 0. The van der Waals surface area contributed by atoms with Crippen LogP contribution in [0.15, 0.2) is 29.6 Å². The molecule has 0 aliphatic rings. The first-order valence-electron chi connectivity index (χ1n) is 7.87. The first-order chi connectivity index (χ1) is 13.3. The number of esters is 1. The Morgan fingerprint density at radius 3 is 2.61 bits per heavy atom. The number of hydrogen-bond acceptors (Lipinski definition) is 7. The molecule has 11 heteroatoms. The number of nitrogens with one attached hydrogen (secondary N) is 1. The number of rotatable bonds is 9. The molecule has 0 spiro atoms. The average molecular weight is 414 g/mol. The molecule has 0 fully saturated rings. The highest BCUT2D eigenvalue weighted by atomic mass is 32.1. The van der Waals surface area contributed by atoms with Crippen molar-refractivity contribution in [2.45, 2.75) is 13.5 Å². The molecular weight excluding hydrogens is 398 g/mol. The predicted octanol–water partition coefficient (Wildman–Crippen LogP) is 2.64. The Labute approximate surface area is 162 Å². The van der Waals surface area contributed by atoms with Gasteiger partial charge in [-0.1, -0.05) is 0 Å². The number of anilines is 1. The zero-order valence-corrected chi connectivity index (χ0v) is 15.4. The maximum absolute atomic E-state index is 12.4. The lowest BCUT2D eigenvalue weighted by Gasteiger charge is -2.12. The van der Waals surface area contributed by atoms with Crippen molar-refractivity contribution >= 4 is 34.1 Å². The lowest BCUT2D eigenvalue weighted by atomic mass is 10.2. The first-order valence-corrected chi connectivity index (χ1v) is 8.75. The third-order valence-corrected chi connectivity index (χ3v) is 4.04. The summed E-state index contributed by atoms with van der Waals surface area (Å²) in [4.78, 5) is 35.2. The number of primary amides is 1. The van der Waals surface area contributed by atoms with E-state index in [0.717, 1.165) is 17.4 Å². The molecule has 0 bridgehead atoms. The van der Waals surface area contributed by atoms with Crippen LogP contribution >= 0.6 is 11.3 Å². The van der Waals surface area contributed by atoms with E-state index in [1.165, 1.54) is 18.2 Å². The van der Waals surface area contributed by atoms with Crippen molar-refractivity contribution in [1.29, 1.82) is 0 Å². The fraction of sp³-hybridized carbons (Fsp3) is 0.235. The molecule has 1 heterocycles. The van der Waals surface area contributed by atoms with Gasteiger partial charge in [0, 0.05) is 0 Å². The maximum Gasteiger partial charge on any atom is 0.387 e. The molecule has 8 nitrogen and oxygen atoms in total. The fourth-order valence-electron chi connectivity index (χ4n) is 2.07. The SMILES string of the molecule is CCOc1cc(C(=O)OCC(=O)Nc2sccc2C(N)=O)ccc1OC(F)F. The van der Waals surface area contributed by atoms with Crippen molar-refractivity contribution in [1.82, 2.24) is 0 Å². The topological polar surface area (TPSA) is 117 Å². The summed E-state index contributed by atoms with van der Waals surface area (Å²) in [5, 5.41) is 4.22. The largest absolute Gasteiger partial charge is 0.490 e. The van der Waals surface area contributed by atoms with Crippen molar-refractivity contribution in [3.05, 3.63) is 40.8 Å². The molecule has 28 heavy (non-hydrogen) atoms. The van der Waals surface area contributed by atoms with E-state index in [2.05, 4.69) is 10.1 Å². The number of thiophene rings is 1. The van der Waals surface area contributed by atoms with Gasteiger partial charge in [-0.2, -0.15) is 8.78 Å². The van der Waals surface area contributed by atoms with E-state index in [9.17, 15) is 23.2 Å². The van der Waals surface area contributed by atoms with Gasteiger partial charge < -0.3 is 25.3 Å². The molecule has 2 rings (SSSR count). The summed E-state index contributed by atoms with van der Waals surface area (Å²) in [7, 11) is 0. The molecule has 0 aliphatic heterocycles. The highest BCUT2D eigenvalue weighted by Crippen LogP contribution is 2.30. The second kappa shape index (κ2) is 9.65. The Balaban J connectivity index is 2.00. The van der Waals surface area contributed by atoms with Crippen LogP contribution in [0.25, 0.3) is 0 Å². The molecule has 0 saturated heterocycles. The number of alkyl halides is 2. The van der Waals surface area contributed by atoms with Crippen LogP contribution in [-0.4, -0.2) is 37.6 Å². The summed E-state index contributed by atoms with van der Waals surface area (Å²) < 4.78 is 39.2. The van der Waals surface area contributed by atoms with Crippen molar-refractivity contribution in [2.75, 3.05) is 18.5 Å². The number of halogens is 2. The molecule has 3 N–H and O–H groups in total. The molecular formula is C17H16F2N2O6S. The highest BCUT2D eigenvalue weighted by molar-refractivity contribution is 7.14. The van der Waals surface area contributed by atoms with E-state index in [1.54, 1.807) is 12.3 Å². The van der Waals surface area contributed by atoms with Crippen LogP contribution in [0.2, 0.25) is 0 Å². The van der Waals surface area contributed by atoms with E-state index in [1.807, 2.05) is 0 Å². The van der Waals surface area contributed by atoms with Gasteiger partial charge in [0.25, 0.3) is 11.8 Å². The zero-order chi connectivity index (χ0) is 20.7. The Morgan fingerprint density at radius 2 is 1.96 bits per heavy atom. The van der Waals surface area contributed by atoms with Crippen molar-refractivity contribution < 1.29 is 37.4 Å². The molecule has 1 aromatic carbocycles. The van der Waals surface area contributed by atoms with Crippen LogP contribution in [0.3, 0.4) is 0 Å². The standard InChI is InChI=1S/C17H16F2N2O6S/c1-2-25-12-7-9(3-4-11(12)27-17(18)19)16(24)26-8-13(22)21-15-10(14(20)23)5-6-28-15/h3-7,17H,2,8H2,1H3,(H2,20,23)(H,21,22). The maximum atomic E-state index is 12.4. The number of amides is 2. The molecule has 0 radical (unpaired) electrons. The number of hydrogen-bond donors (Lipinski definition) is 2. The number of carbonyl (C=O) groups excluding carboxylic acids is 3. The molecule has 1 aromatic heterocycles. The van der Waals surface area contributed by atoms with Gasteiger partial charge in [-0.15, -0.1) is 11.3 Å². The van der Waals surface area contributed by atoms with Crippen LogP contribution in [0, 0.1) is 0 Å². The molecule has 0 unspecified atom stereocenters. The number of carbonyl (C=O) groups is 3. The number of ether oxygens (including phenoxy) is 3. The van der Waals surface area contributed by atoms with Crippen LogP contribution in [0.4, 0.5) is 13.8 Å². The number of benzene rings is 1. The molecule has 0 aliphatic carbocycles. The smallest absolute Gasteiger partial charge is 0.387 e. The van der Waals surface area contributed by atoms with Crippen molar-refractivity contribution in [2.24, 2.45) is 5.73 Å². The normalized spacial score (nSPS) is 10.4. The van der Waals surface area contributed by atoms with Gasteiger partial charge >= 0.3 is 12.6 Å². The Bertz CT molecular complexity index is 871. The minimum absolute atomic E-state index is 0.0215. The molecule has 2 amide bonds. The minimum atomic E-state index is -3.05. The van der Waals surface area contributed by atoms with Gasteiger partial charge in [0.05, 0.1) is 17.7 Å². The quantitative estimate of drug-likeness (QED) is 0.609. The van der Waals surface area contributed by atoms with Gasteiger partial charge in [0.1, 0.15) is 5.00 Å². The second-order valence-corrected chi connectivity index (χ2v) is 6.04. The van der Waals surface area contributed by atoms with Gasteiger partial charge in [0.2, 0.25) is 0 Å². The summed E-state index contributed by atoms with van der Waals surface area (Å²) in [6, 6.07) is 4.96. The highest BCUT2D eigenvalue weighted by Gasteiger charge is 2.17.